The third-order valence-corrected chi connectivity index (χ3v) is 3.87. The first-order chi connectivity index (χ1) is 12.7. The molecule has 1 aromatic carbocycles. The number of benzene rings is 1. The second-order valence-electron chi connectivity index (χ2n) is 6.26. The molecule has 0 radical (unpaired) electrons. The molecule has 2 aromatic rings. The van der Waals surface area contributed by atoms with Crippen molar-refractivity contribution in [3.63, 3.8) is 0 Å². The molecule has 1 N–H and O–H groups in total. The van der Waals surface area contributed by atoms with E-state index in [-0.39, 0.29) is 28.0 Å². The summed E-state index contributed by atoms with van der Waals surface area (Å²) in [6.07, 6.45) is 0. The first kappa shape index (κ1) is 20.4. The second-order valence-corrected chi connectivity index (χ2v) is 6.62. The van der Waals surface area contributed by atoms with Crippen LogP contribution in [0.5, 0.6) is 0 Å². The highest BCUT2D eigenvalue weighted by molar-refractivity contribution is 6.32. The summed E-state index contributed by atoms with van der Waals surface area (Å²) in [5.74, 6) is -1.11. The van der Waals surface area contributed by atoms with Crippen molar-refractivity contribution < 1.29 is 19.2 Å². The van der Waals surface area contributed by atoms with Crippen molar-refractivity contribution in [1.82, 2.24) is 9.78 Å². The molecule has 0 unspecified atom stereocenters. The Morgan fingerprint density at radius 2 is 2.11 bits per heavy atom. The number of anilines is 1. The van der Waals surface area contributed by atoms with Gasteiger partial charge in [-0.3, -0.25) is 19.6 Å². The van der Waals surface area contributed by atoms with Crippen LogP contribution in [0.15, 0.2) is 24.3 Å². The van der Waals surface area contributed by atoms with Gasteiger partial charge in [0.2, 0.25) is 0 Å². The van der Waals surface area contributed by atoms with E-state index in [1.165, 1.54) is 28.9 Å². The Morgan fingerprint density at radius 3 is 2.74 bits per heavy atom. The van der Waals surface area contributed by atoms with Gasteiger partial charge < -0.3 is 10.1 Å². The molecule has 1 heterocycles. The van der Waals surface area contributed by atoms with Crippen LogP contribution in [0.25, 0.3) is 0 Å². The zero-order valence-corrected chi connectivity index (χ0v) is 15.8. The van der Waals surface area contributed by atoms with E-state index in [0.29, 0.717) is 12.2 Å². The van der Waals surface area contributed by atoms with Crippen LogP contribution < -0.4 is 5.32 Å². The lowest BCUT2D eigenvalue weighted by molar-refractivity contribution is -0.384. The van der Waals surface area contributed by atoms with E-state index >= 15 is 0 Å². The predicted octanol–water partition coefficient (Wildman–Crippen LogP) is 3.20. The minimum absolute atomic E-state index is 0.112. The number of esters is 1. The normalized spacial score (nSPS) is 10.7. The molecular weight excluding hydrogens is 376 g/mol. The predicted molar refractivity (Wildman–Crippen MR) is 98.8 cm³/mol. The Balaban J connectivity index is 1.99. The van der Waals surface area contributed by atoms with E-state index in [2.05, 4.69) is 10.4 Å². The van der Waals surface area contributed by atoms with Gasteiger partial charge in [-0.05, 0) is 18.9 Å². The Labute approximate surface area is 160 Å². The fourth-order valence-corrected chi connectivity index (χ4v) is 2.67. The fourth-order valence-electron chi connectivity index (χ4n) is 2.35. The quantitative estimate of drug-likeness (QED) is 0.438. The molecule has 1 amide bonds. The third-order valence-electron chi connectivity index (χ3n) is 3.48. The van der Waals surface area contributed by atoms with Crippen LogP contribution in [-0.2, 0) is 16.1 Å². The molecule has 0 fully saturated rings. The summed E-state index contributed by atoms with van der Waals surface area (Å²) in [5, 5.41) is 17.5. The van der Waals surface area contributed by atoms with Crippen molar-refractivity contribution in [2.24, 2.45) is 5.92 Å². The zero-order chi connectivity index (χ0) is 20.1. The average molecular weight is 395 g/mol. The van der Waals surface area contributed by atoms with Gasteiger partial charge in [-0.1, -0.05) is 31.5 Å². The molecule has 0 bridgehead atoms. The Kier molecular flexibility index (Phi) is 6.51. The average Bonchev–Trinajstić information content (AvgIpc) is 2.86. The molecule has 10 heteroatoms. The number of nitrogens with zero attached hydrogens (tertiary/aromatic N) is 3. The number of non-ortho nitro benzene ring substituents is 1. The molecule has 9 nitrogen and oxygen atoms in total. The number of aryl methyl sites for hydroxylation is 1. The van der Waals surface area contributed by atoms with Crippen molar-refractivity contribution in [1.29, 1.82) is 0 Å². The number of hydrogen-bond donors (Lipinski definition) is 1. The molecule has 0 saturated carbocycles. The van der Waals surface area contributed by atoms with Gasteiger partial charge in [0.1, 0.15) is 10.7 Å². The number of rotatable bonds is 7. The molecule has 0 aliphatic carbocycles. The SMILES string of the molecule is Cc1nn(CC(C)C)c(Cl)c1C(=O)OCC(=O)Nc1cccc([N+](=O)[O-])c1. The summed E-state index contributed by atoms with van der Waals surface area (Å²) < 4.78 is 6.51. The van der Waals surface area contributed by atoms with Gasteiger partial charge in [0, 0.05) is 24.4 Å². The summed E-state index contributed by atoms with van der Waals surface area (Å²) in [6.45, 7) is 5.59. The molecule has 0 aliphatic heterocycles. The van der Waals surface area contributed by atoms with Crippen molar-refractivity contribution in [3.05, 3.63) is 50.8 Å². The molecular formula is C17H19ClN4O5. The number of ether oxygens (including phenoxy) is 1. The number of hydrogen-bond acceptors (Lipinski definition) is 6. The van der Waals surface area contributed by atoms with E-state index in [1.54, 1.807) is 6.92 Å². The summed E-state index contributed by atoms with van der Waals surface area (Å²) >= 11 is 6.20. The Morgan fingerprint density at radius 1 is 1.41 bits per heavy atom. The number of nitro groups is 1. The van der Waals surface area contributed by atoms with Gasteiger partial charge in [-0.25, -0.2) is 4.79 Å². The molecule has 0 saturated heterocycles. The molecule has 0 spiro atoms. The maximum Gasteiger partial charge on any atom is 0.343 e. The van der Waals surface area contributed by atoms with Crippen molar-refractivity contribution in [2.75, 3.05) is 11.9 Å². The summed E-state index contributed by atoms with van der Waals surface area (Å²) in [7, 11) is 0. The van der Waals surface area contributed by atoms with Gasteiger partial charge in [0.25, 0.3) is 11.6 Å². The van der Waals surface area contributed by atoms with Gasteiger partial charge in [-0.15, -0.1) is 0 Å². The lowest BCUT2D eigenvalue weighted by atomic mass is 10.2. The maximum atomic E-state index is 12.3. The Hall–Kier alpha value is -2.94. The third kappa shape index (κ3) is 5.27. The molecule has 144 valence electrons. The minimum Gasteiger partial charge on any atom is -0.452 e. The van der Waals surface area contributed by atoms with Crippen molar-refractivity contribution in [2.45, 2.75) is 27.3 Å². The van der Waals surface area contributed by atoms with Crippen LogP contribution in [0.2, 0.25) is 5.15 Å². The van der Waals surface area contributed by atoms with Crippen molar-refractivity contribution in [3.8, 4) is 0 Å². The highest BCUT2D eigenvalue weighted by Gasteiger charge is 2.22. The molecule has 2 rings (SSSR count). The van der Waals surface area contributed by atoms with E-state index in [0.717, 1.165) is 0 Å². The lowest BCUT2D eigenvalue weighted by Crippen LogP contribution is -2.21. The van der Waals surface area contributed by atoms with E-state index in [4.69, 9.17) is 16.3 Å². The van der Waals surface area contributed by atoms with Crippen LogP contribution in [0.4, 0.5) is 11.4 Å². The van der Waals surface area contributed by atoms with E-state index < -0.39 is 23.4 Å². The summed E-state index contributed by atoms with van der Waals surface area (Å²) in [6, 6.07) is 5.43. The number of carbonyl (C=O) groups is 2. The van der Waals surface area contributed by atoms with Gasteiger partial charge >= 0.3 is 5.97 Å². The van der Waals surface area contributed by atoms with Crippen molar-refractivity contribution >= 4 is 34.9 Å². The minimum atomic E-state index is -0.762. The summed E-state index contributed by atoms with van der Waals surface area (Å²) in [4.78, 5) is 34.4. The topological polar surface area (TPSA) is 116 Å². The monoisotopic (exact) mass is 394 g/mol. The summed E-state index contributed by atoms with van der Waals surface area (Å²) in [5.41, 5.74) is 0.583. The van der Waals surface area contributed by atoms with Crippen LogP contribution >= 0.6 is 11.6 Å². The number of aromatic nitrogens is 2. The number of halogens is 1. The lowest BCUT2D eigenvalue weighted by Gasteiger charge is -2.07. The van der Waals surface area contributed by atoms with Gasteiger partial charge in [0.05, 0.1) is 10.6 Å². The van der Waals surface area contributed by atoms with E-state index in [9.17, 15) is 19.7 Å². The molecule has 27 heavy (non-hydrogen) atoms. The van der Waals surface area contributed by atoms with Crippen LogP contribution in [-0.4, -0.2) is 33.2 Å². The first-order valence-electron chi connectivity index (χ1n) is 8.13. The van der Waals surface area contributed by atoms with Crippen LogP contribution in [0.3, 0.4) is 0 Å². The largest absolute Gasteiger partial charge is 0.452 e. The van der Waals surface area contributed by atoms with E-state index in [1.807, 2.05) is 13.8 Å². The number of amides is 1. The standard InChI is InChI=1S/C17H19ClN4O5/c1-10(2)8-21-16(18)15(11(3)20-21)17(24)27-9-14(23)19-12-5-4-6-13(7-12)22(25)26/h4-7,10H,8-9H2,1-3H3,(H,19,23). The molecule has 0 aliphatic rings. The zero-order valence-electron chi connectivity index (χ0n) is 15.1. The highest BCUT2D eigenvalue weighted by atomic mass is 35.5. The molecule has 1 aromatic heterocycles. The number of nitro benzene ring substituents is 1. The number of nitrogens with one attached hydrogen (secondary N) is 1. The highest BCUT2D eigenvalue weighted by Crippen LogP contribution is 2.22. The smallest absolute Gasteiger partial charge is 0.343 e. The second kappa shape index (κ2) is 8.63. The number of carbonyl (C=O) groups excluding carboxylic acids is 2. The van der Waals surface area contributed by atoms with Crippen LogP contribution in [0, 0.1) is 23.0 Å². The maximum absolute atomic E-state index is 12.3. The van der Waals surface area contributed by atoms with Crippen LogP contribution in [0.1, 0.15) is 29.9 Å². The Bertz CT molecular complexity index is 878. The fraction of sp³-hybridized carbons (Fsp3) is 0.353. The first-order valence-corrected chi connectivity index (χ1v) is 8.51. The van der Waals surface area contributed by atoms with Gasteiger partial charge in [0.15, 0.2) is 6.61 Å². The van der Waals surface area contributed by atoms with Gasteiger partial charge in [-0.2, -0.15) is 5.10 Å². The molecule has 0 atom stereocenters.